The monoisotopic (exact) mass is 190 g/mol. The van der Waals surface area contributed by atoms with Gasteiger partial charge in [0, 0.05) is 19.2 Å². The van der Waals surface area contributed by atoms with Crippen molar-refractivity contribution in [2.45, 2.75) is 31.6 Å². The van der Waals surface area contributed by atoms with E-state index >= 15 is 0 Å². The number of rotatable bonds is 0. The molecule has 0 saturated carbocycles. The Balaban J connectivity index is 2.41. The fourth-order valence-electron chi connectivity index (χ4n) is 2.52. The van der Waals surface area contributed by atoms with E-state index in [0.29, 0.717) is 11.3 Å². The Labute approximate surface area is 79.6 Å². The number of hydrogen-bond acceptors (Lipinski definition) is 2. The molecular formula is C10H11N2P. The minimum Gasteiger partial charge on any atom is -0.198 e. The zero-order valence-electron chi connectivity index (χ0n) is 7.78. The van der Waals surface area contributed by atoms with Crippen LogP contribution in [0.15, 0.2) is 11.1 Å². The molecule has 0 amide bonds. The standard InChI is InChI=1S/C10H11N2P/c1-6-7(2)10-8(4-11)3-9(6)13(10)5-12/h8-10H,3H2,1-2H3/t8-,9+,10+,13?/m1/s1. The second-order valence-corrected chi connectivity index (χ2v) is 6.00. The molecule has 2 bridgehead atoms. The highest BCUT2D eigenvalue weighted by Crippen LogP contribution is 2.66. The Morgan fingerprint density at radius 3 is 2.46 bits per heavy atom. The van der Waals surface area contributed by atoms with Crippen LogP contribution < -0.4 is 0 Å². The van der Waals surface area contributed by atoms with Crippen molar-refractivity contribution in [3.63, 3.8) is 0 Å². The van der Waals surface area contributed by atoms with Crippen LogP contribution in [0.4, 0.5) is 0 Å². The highest BCUT2D eigenvalue weighted by molar-refractivity contribution is 7.65. The van der Waals surface area contributed by atoms with Gasteiger partial charge in [0.2, 0.25) is 0 Å². The van der Waals surface area contributed by atoms with Crippen LogP contribution in [0.2, 0.25) is 0 Å². The maximum atomic E-state index is 9.04. The summed E-state index contributed by atoms with van der Waals surface area (Å²) in [5.41, 5.74) is 3.46. The van der Waals surface area contributed by atoms with Gasteiger partial charge in [0.15, 0.2) is 0 Å². The fraction of sp³-hybridized carbons (Fsp3) is 0.600. The number of fused-ring (bicyclic) bond motifs is 2. The maximum absolute atomic E-state index is 9.04. The van der Waals surface area contributed by atoms with Crippen molar-refractivity contribution in [1.29, 1.82) is 10.5 Å². The van der Waals surface area contributed by atoms with Gasteiger partial charge in [-0.2, -0.15) is 10.5 Å². The smallest absolute Gasteiger partial charge is 0.0884 e. The van der Waals surface area contributed by atoms with Gasteiger partial charge in [0.25, 0.3) is 0 Å². The minimum atomic E-state index is -0.569. The third-order valence-electron chi connectivity index (χ3n) is 3.34. The van der Waals surface area contributed by atoms with E-state index in [-0.39, 0.29) is 5.92 Å². The van der Waals surface area contributed by atoms with E-state index in [1.807, 2.05) is 0 Å². The molecule has 2 aliphatic rings. The highest BCUT2D eigenvalue weighted by atomic mass is 31.1. The molecule has 0 aliphatic carbocycles. The van der Waals surface area contributed by atoms with Gasteiger partial charge in [-0.1, -0.05) is 11.1 Å². The number of nitrogens with zero attached hydrogens (tertiary/aromatic N) is 2. The first-order valence-corrected chi connectivity index (χ1v) is 5.93. The quantitative estimate of drug-likeness (QED) is 0.435. The predicted molar refractivity (Wildman–Crippen MR) is 52.2 cm³/mol. The summed E-state index contributed by atoms with van der Waals surface area (Å²) in [7, 11) is -0.569. The van der Waals surface area contributed by atoms with Crippen LogP contribution in [0, 0.1) is 28.3 Å². The van der Waals surface area contributed by atoms with Crippen LogP contribution in [0.25, 0.3) is 0 Å². The van der Waals surface area contributed by atoms with Crippen molar-refractivity contribution < 1.29 is 0 Å². The predicted octanol–water partition coefficient (Wildman–Crippen LogP) is 2.58. The van der Waals surface area contributed by atoms with Gasteiger partial charge in [-0.15, -0.1) is 0 Å². The van der Waals surface area contributed by atoms with Crippen LogP contribution in [0.1, 0.15) is 20.3 Å². The van der Waals surface area contributed by atoms with Crippen molar-refractivity contribution in [2.24, 2.45) is 5.92 Å². The van der Waals surface area contributed by atoms with E-state index in [1.165, 1.54) is 11.1 Å². The first-order valence-electron chi connectivity index (χ1n) is 4.45. The van der Waals surface area contributed by atoms with Crippen LogP contribution >= 0.6 is 7.92 Å². The SMILES string of the molecule is CC1=C(C)[C@H]2[C@@H](C#N)C[C@@H]1P2C#N. The molecule has 1 unspecified atom stereocenters. The number of hydrogen-bond donors (Lipinski definition) is 0. The van der Waals surface area contributed by atoms with Gasteiger partial charge in [0.05, 0.1) is 17.8 Å². The lowest BCUT2D eigenvalue weighted by atomic mass is 9.86. The largest absolute Gasteiger partial charge is 0.198 e. The second kappa shape index (κ2) is 2.83. The molecule has 2 aliphatic heterocycles. The van der Waals surface area contributed by atoms with E-state index in [9.17, 15) is 0 Å². The molecule has 0 spiro atoms. The summed E-state index contributed by atoms with van der Waals surface area (Å²) >= 11 is 0. The fourth-order valence-corrected chi connectivity index (χ4v) is 5.44. The normalized spacial score (nSPS) is 41.8. The summed E-state index contributed by atoms with van der Waals surface area (Å²) in [6.45, 7) is 4.22. The molecule has 2 rings (SSSR count). The first kappa shape index (κ1) is 8.74. The van der Waals surface area contributed by atoms with Crippen molar-refractivity contribution >= 4 is 7.92 Å². The van der Waals surface area contributed by atoms with Gasteiger partial charge in [-0.05, 0) is 20.3 Å². The van der Waals surface area contributed by atoms with Crippen molar-refractivity contribution in [3.05, 3.63) is 11.1 Å². The zero-order chi connectivity index (χ0) is 9.59. The maximum Gasteiger partial charge on any atom is 0.0884 e. The Morgan fingerprint density at radius 2 is 2.00 bits per heavy atom. The highest BCUT2D eigenvalue weighted by Gasteiger charge is 2.50. The molecule has 2 heterocycles. The summed E-state index contributed by atoms with van der Waals surface area (Å²) in [5, 5.41) is 18.0. The summed E-state index contributed by atoms with van der Waals surface area (Å²) in [4.78, 5) is 0. The van der Waals surface area contributed by atoms with Crippen molar-refractivity contribution in [3.8, 4) is 11.9 Å². The molecular weight excluding hydrogens is 179 g/mol. The van der Waals surface area contributed by atoms with E-state index in [4.69, 9.17) is 10.5 Å². The van der Waals surface area contributed by atoms with Gasteiger partial charge in [-0.25, -0.2) is 0 Å². The van der Waals surface area contributed by atoms with Crippen LogP contribution in [0.3, 0.4) is 0 Å². The Hall–Kier alpha value is -0.850. The summed E-state index contributed by atoms with van der Waals surface area (Å²) in [6.07, 6.45) is 0.934. The lowest BCUT2D eigenvalue weighted by molar-refractivity contribution is 0.618. The van der Waals surface area contributed by atoms with E-state index in [1.54, 1.807) is 0 Å². The third kappa shape index (κ3) is 0.962. The lowest BCUT2D eigenvalue weighted by Crippen LogP contribution is -2.15. The molecule has 2 nitrogen and oxygen atoms in total. The van der Waals surface area contributed by atoms with Crippen LogP contribution in [0.5, 0.6) is 0 Å². The molecule has 0 aromatic carbocycles. The Kier molecular flexibility index (Phi) is 1.90. The zero-order valence-corrected chi connectivity index (χ0v) is 8.68. The molecule has 4 atom stereocenters. The number of allylic oxidation sites excluding steroid dienone is 2. The molecule has 66 valence electrons. The molecule has 13 heavy (non-hydrogen) atoms. The topological polar surface area (TPSA) is 47.6 Å². The molecule has 0 aromatic rings. The average Bonchev–Trinajstić information content (AvgIpc) is 2.61. The second-order valence-electron chi connectivity index (χ2n) is 3.81. The summed E-state index contributed by atoms with van der Waals surface area (Å²) < 4.78 is 0. The third-order valence-corrected chi connectivity index (χ3v) is 6.19. The molecule has 0 aromatic heterocycles. The van der Waals surface area contributed by atoms with Gasteiger partial charge in [0.1, 0.15) is 0 Å². The Morgan fingerprint density at radius 1 is 1.31 bits per heavy atom. The van der Waals surface area contributed by atoms with E-state index in [0.717, 1.165) is 6.42 Å². The van der Waals surface area contributed by atoms with Gasteiger partial charge >= 0.3 is 0 Å². The van der Waals surface area contributed by atoms with Crippen LogP contribution in [-0.4, -0.2) is 11.3 Å². The average molecular weight is 190 g/mol. The number of nitriles is 2. The molecule has 3 heteroatoms. The lowest BCUT2D eigenvalue weighted by Gasteiger charge is -2.16. The Bertz CT molecular complexity index is 358. The molecule has 1 saturated heterocycles. The van der Waals surface area contributed by atoms with Crippen molar-refractivity contribution in [1.82, 2.24) is 0 Å². The van der Waals surface area contributed by atoms with E-state index in [2.05, 4.69) is 25.7 Å². The van der Waals surface area contributed by atoms with Crippen molar-refractivity contribution in [2.75, 3.05) is 0 Å². The van der Waals surface area contributed by atoms with E-state index < -0.39 is 7.92 Å². The molecule has 0 radical (unpaired) electrons. The summed E-state index contributed by atoms with van der Waals surface area (Å²) in [5.74, 6) is 2.55. The first-order chi connectivity index (χ1) is 6.20. The summed E-state index contributed by atoms with van der Waals surface area (Å²) in [6, 6.07) is 2.34. The molecule has 0 N–H and O–H groups in total. The minimum absolute atomic E-state index is 0.125. The van der Waals surface area contributed by atoms with Crippen LogP contribution in [-0.2, 0) is 0 Å². The molecule has 1 fully saturated rings. The van der Waals surface area contributed by atoms with Gasteiger partial charge in [-0.3, -0.25) is 0 Å². The van der Waals surface area contributed by atoms with Gasteiger partial charge < -0.3 is 0 Å².